The lowest BCUT2D eigenvalue weighted by Gasteiger charge is -2.29. The van der Waals surface area contributed by atoms with Crippen LogP contribution in [0.25, 0.3) is 0 Å². The van der Waals surface area contributed by atoms with Crippen LogP contribution in [0.5, 0.6) is 0 Å². The molecular formula is C24H23FN2O3S2. The first-order chi connectivity index (χ1) is 15.3. The van der Waals surface area contributed by atoms with Gasteiger partial charge in [0, 0.05) is 16.6 Å². The summed E-state index contributed by atoms with van der Waals surface area (Å²) in [5.41, 5.74) is 1.93. The second-order valence-electron chi connectivity index (χ2n) is 7.61. The zero-order valence-electron chi connectivity index (χ0n) is 17.7. The van der Waals surface area contributed by atoms with Gasteiger partial charge in [0.25, 0.3) is 10.0 Å². The Labute approximate surface area is 191 Å². The number of hydrogen-bond donors (Lipinski definition) is 0. The lowest BCUT2D eigenvalue weighted by atomic mass is 10.1. The van der Waals surface area contributed by atoms with Crippen molar-refractivity contribution in [3.05, 3.63) is 84.2 Å². The summed E-state index contributed by atoms with van der Waals surface area (Å²) in [4.78, 5) is 16.0. The Morgan fingerprint density at radius 1 is 1.09 bits per heavy atom. The summed E-state index contributed by atoms with van der Waals surface area (Å²) in [6, 6.07) is 19.2. The Morgan fingerprint density at radius 2 is 1.81 bits per heavy atom. The lowest BCUT2D eigenvalue weighted by molar-refractivity contribution is -0.117. The van der Waals surface area contributed by atoms with E-state index in [1.54, 1.807) is 17.0 Å². The Hall–Kier alpha value is -2.84. The average molecular weight is 471 g/mol. The van der Waals surface area contributed by atoms with Crippen LogP contribution in [0.2, 0.25) is 0 Å². The molecule has 1 aliphatic rings. The molecule has 32 heavy (non-hydrogen) atoms. The van der Waals surface area contributed by atoms with Crippen LogP contribution in [0.3, 0.4) is 0 Å². The molecular weight excluding hydrogens is 447 g/mol. The maximum absolute atomic E-state index is 14.0. The molecule has 0 N–H and O–H groups in total. The number of anilines is 2. The number of fused-ring (bicyclic) bond motifs is 1. The number of para-hydroxylation sites is 1. The zero-order chi connectivity index (χ0) is 22.9. The van der Waals surface area contributed by atoms with Crippen molar-refractivity contribution < 1.29 is 17.6 Å². The molecule has 0 radical (unpaired) electrons. The molecule has 1 unspecified atom stereocenters. The highest BCUT2D eigenvalue weighted by Crippen LogP contribution is 2.33. The smallest absolute Gasteiger partial charge is 0.264 e. The molecule has 1 amide bonds. The normalized spacial score (nSPS) is 15.5. The largest absolute Gasteiger partial charge is 0.307 e. The first kappa shape index (κ1) is 22.4. The summed E-state index contributed by atoms with van der Waals surface area (Å²) in [6.45, 7) is 1.49. The molecule has 5 nitrogen and oxygen atoms in total. The lowest BCUT2D eigenvalue weighted by Crippen LogP contribution is -2.45. The second kappa shape index (κ2) is 8.96. The first-order valence-corrected chi connectivity index (χ1v) is 12.8. The van der Waals surface area contributed by atoms with Crippen LogP contribution in [-0.2, 0) is 21.2 Å². The molecule has 4 rings (SSSR count). The third-order valence-corrected chi connectivity index (χ3v) is 8.03. The number of benzene rings is 3. The average Bonchev–Trinajstić information content (AvgIpc) is 3.13. The maximum Gasteiger partial charge on any atom is 0.264 e. The van der Waals surface area contributed by atoms with Gasteiger partial charge in [-0.1, -0.05) is 24.3 Å². The first-order valence-electron chi connectivity index (χ1n) is 10.1. The SMILES string of the molecule is CSc1ccc(S(=O)(=O)N(CC(=O)N2c3ccccc3CC2C)c2cccc(F)c2)cc1. The number of nitrogens with zero attached hydrogens (tertiary/aromatic N) is 2. The predicted octanol–water partition coefficient (Wildman–Crippen LogP) is 4.72. The summed E-state index contributed by atoms with van der Waals surface area (Å²) in [5, 5.41) is 0. The van der Waals surface area contributed by atoms with E-state index in [9.17, 15) is 17.6 Å². The summed E-state index contributed by atoms with van der Waals surface area (Å²) < 4.78 is 42.1. The molecule has 0 spiro atoms. The second-order valence-corrected chi connectivity index (χ2v) is 10.4. The number of rotatable bonds is 6. The van der Waals surface area contributed by atoms with Gasteiger partial charge in [-0.3, -0.25) is 9.10 Å². The monoisotopic (exact) mass is 470 g/mol. The van der Waals surface area contributed by atoms with E-state index < -0.39 is 22.4 Å². The van der Waals surface area contributed by atoms with Gasteiger partial charge in [0.15, 0.2) is 0 Å². The van der Waals surface area contributed by atoms with Crippen molar-refractivity contribution in [3.8, 4) is 0 Å². The summed E-state index contributed by atoms with van der Waals surface area (Å²) in [5.74, 6) is -0.941. The Kier molecular flexibility index (Phi) is 6.26. The summed E-state index contributed by atoms with van der Waals surface area (Å²) >= 11 is 1.50. The van der Waals surface area contributed by atoms with E-state index in [1.807, 2.05) is 37.4 Å². The number of amides is 1. The number of halogens is 1. The van der Waals surface area contributed by atoms with Gasteiger partial charge >= 0.3 is 0 Å². The molecule has 0 saturated carbocycles. The molecule has 0 bridgehead atoms. The van der Waals surface area contributed by atoms with Gasteiger partial charge in [0.2, 0.25) is 5.91 Å². The molecule has 1 aliphatic heterocycles. The molecule has 0 fully saturated rings. The minimum atomic E-state index is -4.11. The van der Waals surface area contributed by atoms with Crippen molar-refractivity contribution in [3.63, 3.8) is 0 Å². The van der Waals surface area contributed by atoms with Crippen LogP contribution >= 0.6 is 11.8 Å². The van der Waals surface area contributed by atoms with Crippen LogP contribution in [0.4, 0.5) is 15.8 Å². The van der Waals surface area contributed by atoms with E-state index in [1.165, 1.54) is 42.1 Å². The van der Waals surface area contributed by atoms with Crippen LogP contribution in [-0.4, -0.2) is 33.2 Å². The molecule has 1 heterocycles. The number of sulfonamides is 1. The fourth-order valence-corrected chi connectivity index (χ4v) is 5.78. The van der Waals surface area contributed by atoms with E-state index in [0.29, 0.717) is 6.42 Å². The predicted molar refractivity (Wildman–Crippen MR) is 126 cm³/mol. The summed E-state index contributed by atoms with van der Waals surface area (Å²) in [7, 11) is -4.11. The molecule has 0 saturated heterocycles. The number of carbonyl (C=O) groups is 1. The Bertz CT molecular complexity index is 1250. The van der Waals surface area contributed by atoms with Crippen LogP contribution in [0.1, 0.15) is 12.5 Å². The van der Waals surface area contributed by atoms with Gasteiger partial charge in [0.1, 0.15) is 12.4 Å². The third-order valence-electron chi connectivity index (χ3n) is 5.50. The van der Waals surface area contributed by atoms with Gasteiger partial charge < -0.3 is 4.90 Å². The number of hydrogen-bond acceptors (Lipinski definition) is 4. The molecule has 0 aromatic heterocycles. The van der Waals surface area contributed by atoms with E-state index in [4.69, 9.17) is 0 Å². The van der Waals surface area contributed by atoms with Gasteiger partial charge in [-0.2, -0.15) is 0 Å². The Morgan fingerprint density at radius 3 is 2.50 bits per heavy atom. The highest BCUT2D eigenvalue weighted by Gasteiger charge is 2.34. The minimum Gasteiger partial charge on any atom is -0.307 e. The van der Waals surface area contributed by atoms with Crippen molar-refractivity contribution in [2.75, 3.05) is 22.0 Å². The van der Waals surface area contributed by atoms with E-state index in [0.717, 1.165) is 26.5 Å². The minimum absolute atomic E-state index is 0.0437. The van der Waals surface area contributed by atoms with Crippen LogP contribution < -0.4 is 9.21 Å². The van der Waals surface area contributed by atoms with E-state index >= 15 is 0 Å². The zero-order valence-corrected chi connectivity index (χ0v) is 19.4. The van der Waals surface area contributed by atoms with Crippen molar-refractivity contribution in [2.45, 2.75) is 29.2 Å². The summed E-state index contributed by atoms with van der Waals surface area (Å²) in [6.07, 6.45) is 2.60. The Balaban J connectivity index is 1.73. The molecule has 3 aromatic rings. The van der Waals surface area contributed by atoms with Crippen molar-refractivity contribution in [2.24, 2.45) is 0 Å². The molecule has 1 atom stereocenters. The standard InChI is InChI=1S/C24H23FN2O3S2/c1-17-14-18-6-3-4-9-23(18)27(17)24(28)16-26(20-8-5-7-19(25)15-20)32(29,30)22-12-10-21(31-2)11-13-22/h3-13,15,17H,14,16H2,1-2H3. The highest BCUT2D eigenvalue weighted by atomic mass is 32.2. The van der Waals surface area contributed by atoms with Crippen molar-refractivity contribution in [1.82, 2.24) is 0 Å². The van der Waals surface area contributed by atoms with Crippen molar-refractivity contribution in [1.29, 1.82) is 0 Å². The fourth-order valence-electron chi connectivity index (χ4n) is 3.97. The molecule has 166 valence electrons. The van der Waals surface area contributed by atoms with Gasteiger partial charge in [-0.25, -0.2) is 12.8 Å². The maximum atomic E-state index is 14.0. The molecule has 0 aliphatic carbocycles. The number of carbonyl (C=O) groups excluding carboxylic acids is 1. The molecule has 3 aromatic carbocycles. The van der Waals surface area contributed by atoms with E-state index in [2.05, 4.69) is 0 Å². The van der Waals surface area contributed by atoms with Gasteiger partial charge in [-0.15, -0.1) is 11.8 Å². The van der Waals surface area contributed by atoms with Gasteiger partial charge in [-0.05, 0) is 73.7 Å². The quantitative estimate of drug-likeness (QED) is 0.489. The highest BCUT2D eigenvalue weighted by molar-refractivity contribution is 7.98. The third kappa shape index (κ3) is 4.25. The molecule has 8 heteroatoms. The van der Waals surface area contributed by atoms with Gasteiger partial charge in [0.05, 0.1) is 10.6 Å². The van der Waals surface area contributed by atoms with Crippen LogP contribution in [0.15, 0.2) is 82.6 Å². The fraction of sp³-hybridized carbons (Fsp3) is 0.208. The number of thioether (sulfide) groups is 1. The topological polar surface area (TPSA) is 57.7 Å². The van der Waals surface area contributed by atoms with E-state index in [-0.39, 0.29) is 22.5 Å². The van der Waals surface area contributed by atoms with Crippen LogP contribution in [0, 0.1) is 5.82 Å². The van der Waals surface area contributed by atoms with Crippen molar-refractivity contribution >= 4 is 39.1 Å².